The number of aryl methyl sites for hydroxylation is 1. The van der Waals surface area contributed by atoms with Gasteiger partial charge in [0.15, 0.2) is 0 Å². The van der Waals surface area contributed by atoms with Gasteiger partial charge in [-0.2, -0.15) is 5.21 Å². The minimum absolute atomic E-state index is 0. The first-order chi connectivity index (χ1) is 20.2. The Morgan fingerprint density at radius 1 is 0.744 bits per heavy atom. The predicted molar refractivity (Wildman–Crippen MR) is 155 cm³/mol. The first-order valence-electron chi connectivity index (χ1n) is 13.9. The van der Waals surface area contributed by atoms with Crippen LogP contribution in [-0.4, -0.2) is 28.7 Å². The van der Waals surface area contributed by atoms with Crippen LogP contribution in [0.25, 0.3) is 22.5 Å². The van der Waals surface area contributed by atoms with Crippen LogP contribution in [0.3, 0.4) is 0 Å². The van der Waals surface area contributed by atoms with Crippen molar-refractivity contribution < 1.29 is 78.4 Å². The molecule has 5 rings (SSSR count). The molecular formula is C33H32N4Na2O4. The molecule has 0 aliphatic rings. The molecule has 0 saturated heterocycles. The zero-order valence-electron chi connectivity index (χ0n) is 25.2. The number of ether oxygens (including phenoxy) is 3. The maximum absolute atomic E-state index is 12.8. The van der Waals surface area contributed by atoms with Crippen molar-refractivity contribution in [2.75, 3.05) is 13.2 Å². The zero-order chi connectivity index (χ0) is 28.4. The molecule has 8 nitrogen and oxygen atoms in total. The van der Waals surface area contributed by atoms with Gasteiger partial charge in [0.1, 0.15) is 23.0 Å². The van der Waals surface area contributed by atoms with Crippen molar-refractivity contribution in [2.45, 2.75) is 39.5 Å². The summed E-state index contributed by atoms with van der Waals surface area (Å²) in [6.07, 6.45) is 3.15. The fourth-order valence-electron chi connectivity index (χ4n) is 4.67. The minimum atomic E-state index is -0.0419. The van der Waals surface area contributed by atoms with Crippen molar-refractivity contribution in [2.24, 2.45) is 0 Å². The number of rotatable bonds is 13. The van der Waals surface area contributed by atoms with E-state index in [1.807, 2.05) is 78.9 Å². The Labute approximate surface area is 296 Å². The predicted octanol–water partition coefficient (Wildman–Crippen LogP) is 0.400. The third-order valence-electron chi connectivity index (χ3n) is 6.69. The molecule has 0 fully saturated rings. The molecule has 0 unspecified atom stereocenters. The van der Waals surface area contributed by atoms with E-state index >= 15 is 0 Å². The second kappa shape index (κ2) is 17.4. The molecular weight excluding hydrogens is 562 g/mol. The van der Waals surface area contributed by atoms with E-state index in [4.69, 9.17) is 14.2 Å². The quantitative estimate of drug-likeness (QED) is 0.143. The second-order valence-electron chi connectivity index (χ2n) is 9.51. The van der Waals surface area contributed by atoms with Gasteiger partial charge in [-0.05, 0) is 59.9 Å². The number of aromatic nitrogens is 4. The largest absolute Gasteiger partial charge is 1.00 e. The van der Waals surface area contributed by atoms with Crippen molar-refractivity contribution in [1.29, 1.82) is 0 Å². The number of hydrogen-bond donors (Lipinski definition) is 0. The van der Waals surface area contributed by atoms with Crippen molar-refractivity contribution >= 4 is 0 Å². The molecule has 0 aliphatic carbocycles. The van der Waals surface area contributed by atoms with Crippen LogP contribution < -0.4 is 83.5 Å². The summed E-state index contributed by atoms with van der Waals surface area (Å²) in [4.78, 5) is 0. The molecule has 0 aliphatic heterocycles. The summed E-state index contributed by atoms with van der Waals surface area (Å²) in [5.74, 6) is 3.12. The average molecular weight is 595 g/mol. The molecule has 1 aromatic heterocycles. The van der Waals surface area contributed by atoms with Crippen LogP contribution in [0.4, 0.5) is 0 Å². The van der Waals surface area contributed by atoms with E-state index in [0.717, 1.165) is 47.5 Å². The normalized spacial score (nSPS) is 10.4. The number of hydrogen-bond acceptors (Lipinski definition) is 7. The van der Waals surface area contributed by atoms with Gasteiger partial charge in [-0.3, -0.25) is 10.3 Å². The Balaban J connectivity index is 0.00000253. The molecule has 0 atom stereocenters. The van der Waals surface area contributed by atoms with Crippen molar-refractivity contribution in [3.8, 4) is 51.3 Å². The van der Waals surface area contributed by atoms with Gasteiger partial charge in [0.25, 0.3) is 0 Å². The first-order valence-corrected chi connectivity index (χ1v) is 13.9. The Morgan fingerprint density at radius 3 is 2.16 bits per heavy atom. The molecule has 0 radical (unpaired) electrons. The Hall–Kier alpha value is -2.85. The number of nitrogens with zero attached hydrogens (tertiary/aromatic N) is 4. The van der Waals surface area contributed by atoms with Crippen LogP contribution in [0.15, 0.2) is 84.9 Å². The van der Waals surface area contributed by atoms with Gasteiger partial charge in [0.05, 0.1) is 13.2 Å². The maximum Gasteiger partial charge on any atom is 1.00 e. The van der Waals surface area contributed by atoms with Crippen molar-refractivity contribution in [3.63, 3.8) is 0 Å². The summed E-state index contributed by atoms with van der Waals surface area (Å²) >= 11 is 0. The Bertz CT molecular complexity index is 1570. The second-order valence-corrected chi connectivity index (χ2v) is 9.51. The van der Waals surface area contributed by atoms with Crippen LogP contribution >= 0.6 is 0 Å². The molecule has 0 N–H and O–H groups in total. The fourth-order valence-corrected chi connectivity index (χ4v) is 4.67. The third-order valence-corrected chi connectivity index (χ3v) is 6.69. The van der Waals surface area contributed by atoms with Crippen LogP contribution in [0.2, 0.25) is 0 Å². The number of para-hydroxylation sites is 1. The van der Waals surface area contributed by atoms with E-state index in [1.54, 1.807) is 6.07 Å². The Morgan fingerprint density at radius 2 is 1.44 bits per heavy atom. The minimum Gasteiger partial charge on any atom is -0.872 e. The number of benzene rings is 4. The molecule has 0 saturated carbocycles. The maximum atomic E-state index is 12.8. The smallest absolute Gasteiger partial charge is 0.872 e. The van der Waals surface area contributed by atoms with Crippen LogP contribution in [0, 0.1) is 0 Å². The molecule has 10 heteroatoms. The van der Waals surface area contributed by atoms with E-state index in [-0.39, 0.29) is 64.9 Å². The summed E-state index contributed by atoms with van der Waals surface area (Å²) in [7, 11) is 0. The summed E-state index contributed by atoms with van der Waals surface area (Å²) in [5.41, 5.74) is 4.33. The van der Waals surface area contributed by atoms with Crippen molar-refractivity contribution in [3.05, 3.63) is 96.1 Å². The standard InChI is InChI=1S/C33H33N4O4.2Na/c1-3-12-25-29(17-10-18-30(25)41-31-16-9-8-15-26(31)33-34-36-37-35-33)39-19-11-20-40-32-22-28(38)27(21-23(32)4-2)24-13-6-5-7-14-24;;/h5-10,13-18,21-22H,3-4,11-12,19-20H2,1-2H3,(H-,34,35,36,37,38);;/q-1;2*+1/p-1. The molecule has 210 valence electrons. The molecule has 43 heavy (non-hydrogen) atoms. The molecule has 1 heterocycles. The molecule has 0 spiro atoms. The molecule has 4 aromatic carbocycles. The fraction of sp³-hybridized carbons (Fsp3) is 0.242. The molecule has 5 aromatic rings. The third kappa shape index (κ3) is 8.85. The SMILES string of the molecule is CCCc1c(OCCCOc2cc([O-])c(-c3ccccc3)cc2CC)cccc1Oc1ccccc1-c1nnn[n-]1.[Na+].[Na+]. The van der Waals surface area contributed by atoms with E-state index < -0.39 is 0 Å². The molecule has 0 amide bonds. The van der Waals surface area contributed by atoms with Gasteiger partial charge in [-0.1, -0.05) is 80.6 Å². The van der Waals surface area contributed by atoms with Gasteiger partial charge in [0.2, 0.25) is 0 Å². The van der Waals surface area contributed by atoms with Gasteiger partial charge >= 0.3 is 59.1 Å². The Kier molecular flexibility index (Phi) is 14.1. The van der Waals surface area contributed by atoms with Crippen LogP contribution in [0.5, 0.6) is 28.7 Å². The monoisotopic (exact) mass is 594 g/mol. The van der Waals surface area contributed by atoms with Gasteiger partial charge in [0, 0.05) is 23.4 Å². The summed E-state index contributed by atoms with van der Waals surface area (Å²) in [5, 5.41) is 27.9. The van der Waals surface area contributed by atoms with Gasteiger partial charge in [-0.15, -0.1) is 0 Å². The summed E-state index contributed by atoms with van der Waals surface area (Å²) < 4.78 is 18.6. The van der Waals surface area contributed by atoms with Crippen LogP contribution in [-0.2, 0) is 12.8 Å². The summed E-state index contributed by atoms with van der Waals surface area (Å²) in [6.45, 7) is 5.08. The topological polar surface area (TPSA) is 104 Å². The van der Waals surface area contributed by atoms with E-state index in [2.05, 4.69) is 34.5 Å². The van der Waals surface area contributed by atoms with Crippen LogP contribution in [0.1, 0.15) is 37.8 Å². The average Bonchev–Trinajstić information content (AvgIpc) is 3.54. The van der Waals surface area contributed by atoms with E-state index in [9.17, 15) is 5.11 Å². The molecule has 0 bridgehead atoms. The number of tetrazole rings is 1. The van der Waals surface area contributed by atoms with Crippen molar-refractivity contribution in [1.82, 2.24) is 20.6 Å². The van der Waals surface area contributed by atoms with Gasteiger partial charge < -0.3 is 24.4 Å². The summed E-state index contributed by atoms with van der Waals surface area (Å²) in [6, 6.07) is 26.6. The zero-order valence-corrected chi connectivity index (χ0v) is 29.2. The van der Waals surface area contributed by atoms with Gasteiger partial charge in [-0.25, -0.2) is 0 Å². The van der Waals surface area contributed by atoms with E-state index in [1.165, 1.54) is 0 Å². The first kappa shape index (κ1) is 34.6. The van der Waals surface area contributed by atoms with E-state index in [0.29, 0.717) is 48.1 Å².